The third-order valence-corrected chi connectivity index (χ3v) is 3.96. The molecule has 3 N–H and O–H groups in total. The fourth-order valence-corrected chi connectivity index (χ4v) is 2.76. The molecular formula is C17H27ClN2O2. The number of carbonyl (C=O) groups is 1. The molecule has 2 rings (SSSR count). The van der Waals surface area contributed by atoms with Gasteiger partial charge < -0.3 is 15.8 Å². The highest BCUT2D eigenvalue weighted by atomic mass is 35.5. The Bertz CT molecular complexity index is 440. The lowest BCUT2D eigenvalue weighted by Crippen LogP contribution is -2.35. The number of halogens is 1. The summed E-state index contributed by atoms with van der Waals surface area (Å²) in [6.45, 7) is 3.40. The fourth-order valence-electron chi connectivity index (χ4n) is 2.76. The number of ether oxygens (including phenoxy) is 1. The van der Waals surface area contributed by atoms with Crippen LogP contribution in [0.3, 0.4) is 0 Å². The van der Waals surface area contributed by atoms with E-state index in [0.717, 1.165) is 25.9 Å². The van der Waals surface area contributed by atoms with Crippen molar-refractivity contribution in [2.75, 3.05) is 13.2 Å². The molecule has 124 valence electrons. The molecule has 0 bridgehead atoms. The number of nitrogens with one attached hydrogen (secondary N) is 1. The second kappa shape index (κ2) is 9.82. The number of carbonyl (C=O) groups excluding carboxylic acids is 1. The van der Waals surface area contributed by atoms with Crippen LogP contribution in [0.1, 0.15) is 44.3 Å². The van der Waals surface area contributed by atoms with Crippen molar-refractivity contribution < 1.29 is 9.53 Å². The minimum Gasteiger partial charge on any atom is -0.373 e. The van der Waals surface area contributed by atoms with Crippen LogP contribution in [0, 0.1) is 5.92 Å². The van der Waals surface area contributed by atoms with Gasteiger partial charge in [-0.15, -0.1) is 12.4 Å². The molecule has 5 heteroatoms. The Morgan fingerprint density at radius 3 is 2.82 bits per heavy atom. The number of nitrogens with two attached hydrogens (primary N) is 1. The fraction of sp³-hybridized carbons (Fsp3) is 0.588. The topological polar surface area (TPSA) is 64.4 Å². The molecule has 0 saturated carbocycles. The van der Waals surface area contributed by atoms with E-state index < -0.39 is 0 Å². The highest BCUT2D eigenvalue weighted by molar-refractivity contribution is 5.85. The highest BCUT2D eigenvalue weighted by Gasteiger charge is 2.27. The smallest absolute Gasteiger partial charge is 0.220 e. The van der Waals surface area contributed by atoms with E-state index in [1.54, 1.807) is 0 Å². The Morgan fingerprint density at radius 1 is 1.41 bits per heavy atom. The number of hydrogen-bond donors (Lipinski definition) is 2. The van der Waals surface area contributed by atoms with Gasteiger partial charge in [-0.05, 0) is 31.7 Å². The van der Waals surface area contributed by atoms with Gasteiger partial charge in [0.1, 0.15) is 0 Å². The standard InChI is InChI=1S/C17H26N2O2.ClH/c1-13(18)9-10-16(20)19-12-15-8-5-11-21-17(15)14-6-3-2-4-7-14;/h2-4,6-7,13,15,17H,5,8-12,18H2,1H3,(H,19,20);1H. The Morgan fingerprint density at radius 2 is 2.14 bits per heavy atom. The average molecular weight is 327 g/mol. The molecule has 1 heterocycles. The van der Waals surface area contributed by atoms with Gasteiger partial charge in [-0.2, -0.15) is 0 Å². The van der Waals surface area contributed by atoms with Gasteiger partial charge in [-0.25, -0.2) is 0 Å². The van der Waals surface area contributed by atoms with Crippen molar-refractivity contribution in [3.63, 3.8) is 0 Å². The number of benzene rings is 1. The summed E-state index contributed by atoms with van der Waals surface area (Å²) in [6, 6.07) is 10.3. The molecule has 1 aliphatic heterocycles. The molecule has 1 aliphatic rings. The van der Waals surface area contributed by atoms with Crippen molar-refractivity contribution in [3.8, 4) is 0 Å². The van der Waals surface area contributed by atoms with Gasteiger partial charge >= 0.3 is 0 Å². The Labute approximate surface area is 139 Å². The molecule has 0 aromatic heterocycles. The van der Waals surface area contributed by atoms with Crippen LogP contribution >= 0.6 is 12.4 Å². The first-order chi connectivity index (χ1) is 10.2. The van der Waals surface area contributed by atoms with Crippen molar-refractivity contribution in [2.24, 2.45) is 11.7 Å². The van der Waals surface area contributed by atoms with Gasteiger partial charge in [-0.1, -0.05) is 30.3 Å². The van der Waals surface area contributed by atoms with Gasteiger partial charge in [0.05, 0.1) is 6.10 Å². The molecule has 4 nitrogen and oxygen atoms in total. The first-order valence-electron chi connectivity index (χ1n) is 7.85. The molecule has 1 aromatic carbocycles. The van der Waals surface area contributed by atoms with Crippen molar-refractivity contribution in [1.29, 1.82) is 0 Å². The molecule has 1 saturated heterocycles. The number of rotatable bonds is 6. The first kappa shape index (κ1) is 18.9. The van der Waals surface area contributed by atoms with Crippen LogP contribution in [0.15, 0.2) is 30.3 Å². The van der Waals surface area contributed by atoms with E-state index in [0.29, 0.717) is 18.9 Å². The third kappa shape index (κ3) is 5.95. The van der Waals surface area contributed by atoms with Gasteiger partial charge in [-0.3, -0.25) is 4.79 Å². The molecule has 1 aromatic rings. The molecular weight excluding hydrogens is 300 g/mol. The van der Waals surface area contributed by atoms with E-state index >= 15 is 0 Å². The molecule has 1 fully saturated rings. The van der Waals surface area contributed by atoms with E-state index in [9.17, 15) is 4.79 Å². The summed E-state index contributed by atoms with van der Waals surface area (Å²) in [5, 5.41) is 3.03. The molecule has 0 aliphatic carbocycles. The number of hydrogen-bond acceptors (Lipinski definition) is 3. The van der Waals surface area contributed by atoms with Gasteiger partial charge in [0.2, 0.25) is 5.91 Å². The normalized spacial score (nSPS) is 22.5. The summed E-state index contributed by atoms with van der Waals surface area (Å²) in [6.07, 6.45) is 3.47. The molecule has 0 spiro atoms. The van der Waals surface area contributed by atoms with Gasteiger partial charge in [0.25, 0.3) is 0 Å². The van der Waals surface area contributed by atoms with Crippen molar-refractivity contribution in [2.45, 2.75) is 44.8 Å². The summed E-state index contributed by atoms with van der Waals surface area (Å²) in [5.41, 5.74) is 6.88. The van der Waals surface area contributed by atoms with Crippen LogP contribution in [0.25, 0.3) is 0 Å². The summed E-state index contributed by atoms with van der Waals surface area (Å²) in [5.74, 6) is 0.435. The maximum absolute atomic E-state index is 11.8. The second-order valence-electron chi connectivity index (χ2n) is 5.92. The van der Waals surface area contributed by atoms with E-state index in [4.69, 9.17) is 10.5 Å². The largest absolute Gasteiger partial charge is 0.373 e. The van der Waals surface area contributed by atoms with Crippen LogP contribution in [0.2, 0.25) is 0 Å². The van der Waals surface area contributed by atoms with E-state index in [1.165, 1.54) is 5.56 Å². The third-order valence-electron chi connectivity index (χ3n) is 3.96. The van der Waals surface area contributed by atoms with Crippen molar-refractivity contribution >= 4 is 18.3 Å². The molecule has 0 radical (unpaired) electrons. The van der Waals surface area contributed by atoms with Crippen LogP contribution in [-0.2, 0) is 9.53 Å². The first-order valence-corrected chi connectivity index (χ1v) is 7.85. The zero-order valence-corrected chi connectivity index (χ0v) is 14.0. The minimum absolute atomic E-state index is 0. The lowest BCUT2D eigenvalue weighted by molar-refractivity contribution is -0.122. The summed E-state index contributed by atoms with van der Waals surface area (Å²) in [4.78, 5) is 11.8. The predicted molar refractivity (Wildman–Crippen MR) is 91.0 cm³/mol. The molecule has 22 heavy (non-hydrogen) atoms. The minimum atomic E-state index is 0. The molecule has 3 atom stereocenters. The Kier molecular flexibility index (Phi) is 8.46. The maximum atomic E-state index is 11.8. The van der Waals surface area contributed by atoms with Crippen LogP contribution in [0.4, 0.5) is 0 Å². The number of amides is 1. The lowest BCUT2D eigenvalue weighted by Gasteiger charge is -2.32. The van der Waals surface area contributed by atoms with E-state index in [-0.39, 0.29) is 30.5 Å². The SMILES string of the molecule is CC(N)CCC(=O)NCC1CCCOC1c1ccccc1.Cl. The zero-order valence-electron chi connectivity index (χ0n) is 13.2. The summed E-state index contributed by atoms with van der Waals surface area (Å²) >= 11 is 0. The average Bonchev–Trinajstić information content (AvgIpc) is 2.52. The van der Waals surface area contributed by atoms with E-state index in [2.05, 4.69) is 17.4 Å². The van der Waals surface area contributed by atoms with Gasteiger partial charge in [0, 0.05) is 31.5 Å². The monoisotopic (exact) mass is 326 g/mol. The lowest BCUT2D eigenvalue weighted by atomic mass is 9.89. The van der Waals surface area contributed by atoms with Gasteiger partial charge in [0.15, 0.2) is 0 Å². The molecule has 1 amide bonds. The van der Waals surface area contributed by atoms with Crippen molar-refractivity contribution in [1.82, 2.24) is 5.32 Å². The van der Waals surface area contributed by atoms with E-state index in [1.807, 2.05) is 25.1 Å². The van der Waals surface area contributed by atoms with Crippen LogP contribution in [-0.4, -0.2) is 25.1 Å². The second-order valence-corrected chi connectivity index (χ2v) is 5.92. The zero-order chi connectivity index (χ0) is 15.1. The van der Waals surface area contributed by atoms with Crippen LogP contribution < -0.4 is 11.1 Å². The Balaban J connectivity index is 0.00000242. The summed E-state index contributed by atoms with van der Waals surface area (Å²) in [7, 11) is 0. The highest BCUT2D eigenvalue weighted by Crippen LogP contribution is 2.33. The summed E-state index contributed by atoms with van der Waals surface area (Å²) < 4.78 is 5.94. The maximum Gasteiger partial charge on any atom is 0.220 e. The molecule has 3 unspecified atom stereocenters. The quantitative estimate of drug-likeness (QED) is 0.845. The predicted octanol–water partition coefficient (Wildman–Crippen LogP) is 2.82. The van der Waals surface area contributed by atoms with Crippen molar-refractivity contribution in [3.05, 3.63) is 35.9 Å². The Hall–Kier alpha value is -1.10. The van der Waals surface area contributed by atoms with Crippen LogP contribution in [0.5, 0.6) is 0 Å².